The Bertz CT molecular complexity index is 389. The van der Waals surface area contributed by atoms with Gasteiger partial charge in [0.05, 0.1) is 0 Å². The van der Waals surface area contributed by atoms with Crippen molar-refractivity contribution in [3.8, 4) is 0 Å². The van der Waals surface area contributed by atoms with Gasteiger partial charge in [-0.25, -0.2) is 0 Å². The first-order valence-electron chi connectivity index (χ1n) is 7.11. The summed E-state index contributed by atoms with van der Waals surface area (Å²) in [7, 11) is 0. The van der Waals surface area contributed by atoms with Gasteiger partial charge in [0, 0.05) is 17.8 Å². The van der Waals surface area contributed by atoms with Gasteiger partial charge in [0.15, 0.2) is 0 Å². The maximum Gasteiger partial charge on any atom is 0.0294 e. The Kier molecular flexibility index (Phi) is 5.13. The Morgan fingerprint density at radius 3 is 2.78 bits per heavy atom. The van der Waals surface area contributed by atoms with Gasteiger partial charge < -0.3 is 5.32 Å². The van der Waals surface area contributed by atoms with Crippen molar-refractivity contribution < 1.29 is 0 Å². The van der Waals surface area contributed by atoms with Crippen LogP contribution in [0.5, 0.6) is 0 Å². The minimum absolute atomic E-state index is 0.466. The van der Waals surface area contributed by atoms with E-state index in [2.05, 4.69) is 43.6 Å². The van der Waals surface area contributed by atoms with Crippen molar-refractivity contribution in [2.24, 2.45) is 0 Å². The van der Waals surface area contributed by atoms with Crippen molar-refractivity contribution in [2.75, 3.05) is 12.0 Å². The van der Waals surface area contributed by atoms with Crippen molar-refractivity contribution >= 4 is 11.8 Å². The van der Waals surface area contributed by atoms with E-state index in [1.807, 2.05) is 11.8 Å². The fourth-order valence-electron chi connectivity index (χ4n) is 2.80. The molecule has 2 rings (SSSR count). The lowest BCUT2D eigenvalue weighted by Gasteiger charge is -2.22. The minimum atomic E-state index is 0.466. The van der Waals surface area contributed by atoms with Crippen LogP contribution in [0.3, 0.4) is 0 Å². The third-order valence-corrected chi connectivity index (χ3v) is 4.70. The molecule has 0 saturated carbocycles. The highest BCUT2D eigenvalue weighted by molar-refractivity contribution is 7.98. The fourth-order valence-corrected chi connectivity index (χ4v) is 3.53. The lowest BCUT2D eigenvalue weighted by molar-refractivity contribution is 0.474. The van der Waals surface area contributed by atoms with Gasteiger partial charge in [0.2, 0.25) is 0 Å². The molecular weight excluding hydrogens is 238 g/mol. The summed E-state index contributed by atoms with van der Waals surface area (Å²) in [6, 6.07) is 8.17. The maximum atomic E-state index is 3.75. The second kappa shape index (κ2) is 6.63. The Morgan fingerprint density at radius 1 is 1.28 bits per heavy atom. The zero-order chi connectivity index (χ0) is 13.0. The molecule has 1 aromatic rings. The molecule has 1 aromatic carbocycles. The SMILES string of the molecule is CCC(CSC)NC(C)c1ccc2c(c1)CCC2. The Balaban J connectivity index is 2.02. The van der Waals surface area contributed by atoms with E-state index in [-0.39, 0.29) is 0 Å². The van der Waals surface area contributed by atoms with Crippen LogP contribution in [0.25, 0.3) is 0 Å². The second-order valence-corrected chi connectivity index (χ2v) is 6.24. The normalized spacial score (nSPS) is 17.5. The van der Waals surface area contributed by atoms with E-state index in [4.69, 9.17) is 0 Å². The Morgan fingerprint density at radius 2 is 2.06 bits per heavy atom. The molecule has 0 aromatic heterocycles. The molecule has 1 aliphatic rings. The Labute approximate surface area is 116 Å². The van der Waals surface area contributed by atoms with Gasteiger partial charge in [-0.15, -0.1) is 0 Å². The molecule has 100 valence electrons. The van der Waals surface area contributed by atoms with E-state index in [9.17, 15) is 0 Å². The molecule has 0 heterocycles. The van der Waals surface area contributed by atoms with Crippen LogP contribution in [0.1, 0.15) is 49.4 Å². The number of nitrogens with one attached hydrogen (secondary N) is 1. The lowest BCUT2D eigenvalue weighted by atomic mass is 10.0. The summed E-state index contributed by atoms with van der Waals surface area (Å²) in [4.78, 5) is 0. The van der Waals surface area contributed by atoms with Gasteiger partial charge in [0.25, 0.3) is 0 Å². The van der Waals surface area contributed by atoms with E-state index in [1.54, 1.807) is 11.1 Å². The smallest absolute Gasteiger partial charge is 0.0294 e. The number of rotatable bonds is 6. The molecule has 2 heteroatoms. The molecule has 18 heavy (non-hydrogen) atoms. The Hall–Kier alpha value is -0.470. The second-order valence-electron chi connectivity index (χ2n) is 5.33. The van der Waals surface area contributed by atoms with Gasteiger partial charge >= 0.3 is 0 Å². The number of fused-ring (bicyclic) bond motifs is 1. The predicted octanol–water partition coefficient (Wildman–Crippen LogP) is 3.97. The number of thioether (sulfide) groups is 1. The van der Waals surface area contributed by atoms with Crippen LogP contribution in [0.2, 0.25) is 0 Å². The highest BCUT2D eigenvalue weighted by Crippen LogP contribution is 2.25. The van der Waals surface area contributed by atoms with Crippen molar-refractivity contribution in [3.63, 3.8) is 0 Å². The van der Waals surface area contributed by atoms with Crippen LogP contribution in [0.15, 0.2) is 18.2 Å². The summed E-state index contributed by atoms with van der Waals surface area (Å²) in [6.45, 7) is 4.56. The fraction of sp³-hybridized carbons (Fsp3) is 0.625. The largest absolute Gasteiger partial charge is 0.307 e. The van der Waals surface area contributed by atoms with Crippen LogP contribution in [0, 0.1) is 0 Å². The van der Waals surface area contributed by atoms with Crippen LogP contribution < -0.4 is 5.32 Å². The number of hydrogen-bond acceptors (Lipinski definition) is 2. The molecule has 0 radical (unpaired) electrons. The number of aryl methyl sites for hydroxylation is 2. The first-order chi connectivity index (χ1) is 8.74. The molecule has 0 aliphatic heterocycles. The molecule has 1 nitrogen and oxygen atoms in total. The summed E-state index contributed by atoms with van der Waals surface area (Å²) in [6.07, 6.45) is 7.28. The molecular formula is C16H25NS. The van der Waals surface area contributed by atoms with Gasteiger partial charge in [0.1, 0.15) is 0 Å². The summed E-state index contributed by atoms with van der Waals surface area (Å²) >= 11 is 1.93. The van der Waals surface area contributed by atoms with Crippen LogP contribution >= 0.6 is 11.8 Å². The quantitative estimate of drug-likeness (QED) is 0.833. The molecule has 0 spiro atoms. The molecule has 0 fully saturated rings. The van der Waals surface area contributed by atoms with Crippen LogP contribution in [0.4, 0.5) is 0 Å². The summed E-state index contributed by atoms with van der Waals surface area (Å²) in [5.74, 6) is 1.20. The molecule has 0 amide bonds. The molecule has 0 bridgehead atoms. The average Bonchev–Trinajstić information content (AvgIpc) is 2.85. The third-order valence-electron chi connectivity index (χ3n) is 3.97. The lowest BCUT2D eigenvalue weighted by Crippen LogP contribution is -2.33. The van der Waals surface area contributed by atoms with Crippen molar-refractivity contribution in [3.05, 3.63) is 34.9 Å². The average molecular weight is 263 g/mol. The first-order valence-corrected chi connectivity index (χ1v) is 8.50. The highest BCUT2D eigenvalue weighted by Gasteiger charge is 2.15. The first kappa shape index (κ1) is 14.0. The van der Waals surface area contributed by atoms with E-state index in [1.165, 1.54) is 37.0 Å². The molecule has 0 saturated heterocycles. The monoisotopic (exact) mass is 263 g/mol. The van der Waals surface area contributed by atoms with Crippen LogP contribution in [-0.4, -0.2) is 18.1 Å². The third kappa shape index (κ3) is 3.30. The molecule has 1 aliphatic carbocycles. The van der Waals surface area contributed by atoms with Gasteiger partial charge in [-0.3, -0.25) is 0 Å². The molecule has 1 N–H and O–H groups in total. The van der Waals surface area contributed by atoms with Crippen LogP contribution in [-0.2, 0) is 12.8 Å². The maximum absolute atomic E-state index is 3.75. The minimum Gasteiger partial charge on any atom is -0.307 e. The van der Waals surface area contributed by atoms with Gasteiger partial charge in [-0.05, 0) is 55.6 Å². The van der Waals surface area contributed by atoms with E-state index in [0.29, 0.717) is 12.1 Å². The summed E-state index contributed by atoms with van der Waals surface area (Å²) in [5, 5.41) is 3.75. The van der Waals surface area contributed by atoms with Gasteiger partial charge in [-0.2, -0.15) is 11.8 Å². The standard InChI is InChI=1S/C16H25NS/c1-4-16(11-18-3)17-12(2)14-9-8-13-6-5-7-15(13)10-14/h8-10,12,16-17H,4-7,11H2,1-3H3. The van der Waals surface area contributed by atoms with Gasteiger partial charge in [-0.1, -0.05) is 25.1 Å². The molecule has 2 atom stereocenters. The topological polar surface area (TPSA) is 12.0 Å². The van der Waals surface area contributed by atoms with E-state index < -0.39 is 0 Å². The molecule has 2 unspecified atom stereocenters. The van der Waals surface area contributed by atoms with Crippen molar-refractivity contribution in [2.45, 2.75) is 51.6 Å². The van der Waals surface area contributed by atoms with Crippen molar-refractivity contribution in [1.82, 2.24) is 5.32 Å². The van der Waals surface area contributed by atoms with Crippen molar-refractivity contribution in [1.29, 1.82) is 0 Å². The number of benzene rings is 1. The zero-order valence-corrected chi connectivity index (χ0v) is 12.6. The van der Waals surface area contributed by atoms with E-state index in [0.717, 1.165) is 0 Å². The number of hydrogen-bond donors (Lipinski definition) is 1. The zero-order valence-electron chi connectivity index (χ0n) is 11.8. The predicted molar refractivity (Wildman–Crippen MR) is 82.5 cm³/mol. The summed E-state index contributed by atoms with van der Waals surface area (Å²) in [5.41, 5.74) is 4.61. The van der Waals surface area contributed by atoms with E-state index >= 15 is 0 Å². The summed E-state index contributed by atoms with van der Waals surface area (Å²) < 4.78 is 0. The highest BCUT2D eigenvalue weighted by atomic mass is 32.2.